The number of nitrogens with zero attached hydrogens (tertiary/aromatic N) is 1. The highest BCUT2D eigenvalue weighted by Gasteiger charge is 2.10. The summed E-state index contributed by atoms with van der Waals surface area (Å²) in [5.74, 6) is 0. The number of rotatable bonds is 2. The van der Waals surface area contributed by atoms with Gasteiger partial charge >= 0.3 is 0 Å². The van der Waals surface area contributed by atoms with E-state index in [1.165, 1.54) is 5.56 Å². The molecule has 0 atom stereocenters. The van der Waals surface area contributed by atoms with Crippen molar-refractivity contribution in [1.82, 2.24) is 4.57 Å². The predicted octanol–water partition coefficient (Wildman–Crippen LogP) is 3.98. The summed E-state index contributed by atoms with van der Waals surface area (Å²) in [4.78, 5) is 10.9. The second-order valence-corrected chi connectivity index (χ2v) is 5.07. The molecular formula is C14H14BrNO. The van der Waals surface area contributed by atoms with Gasteiger partial charge in [-0.3, -0.25) is 4.79 Å². The van der Waals surface area contributed by atoms with Crippen molar-refractivity contribution < 1.29 is 4.79 Å². The number of carbonyl (C=O) groups is 1. The zero-order valence-corrected chi connectivity index (χ0v) is 11.7. The van der Waals surface area contributed by atoms with E-state index in [4.69, 9.17) is 0 Å². The van der Waals surface area contributed by atoms with Gasteiger partial charge in [0.15, 0.2) is 6.29 Å². The van der Waals surface area contributed by atoms with Crippen LogP contribution in [0.15, 0.2) is 28.7 Å². The van der Waals surface area contributed by atoms with E-state index < -0.39 is 0 Å². The molecule has 0 amide bonds. The Hall–Kier alpha value is -1.35. The Bertz CT molecular complexity index is 584. The number of carbonyl (C=O) groups excluding carboxylic acids is 1. The first-order valence-electron chi connectivity index (χ1n) is 5.45. The third-order valence-electron chi connectivity index (χ3n) is 3.01. The third kappa shape index (κ3) is 2.07. The van der Waals surface area contributed by atoms with Gasteiger partial charge in [-0.25, -0.2) is 0 Å². The molecule has 3 heteroatoms. The Balaban J connectivity index is 2.63. The van der Waals surface area contributed by atoms with Crippen LogP contribution in [0.1, 0.15) is 27.3 Å². The second kappa shape index (κ2) is 4.49. The molecule has 17 heavy (non-hydrogen) atoms. The number of halogens is 1. The Kier molecular flexibility index (Phi) is 3.20. The molecule has 0 unspecified atom stereocenters. The van der Waals surface area contributed by atoms with E-state index in [1.807, 2.05) is 19.9 Å². The summed E-state index contributed by atoms with van der Waals surface area (Å²) in [5.41, 5.74) is 5.07. The van der Waals surface area contributed by atoms with Gasteiger partial charge in [-0.2, -0.15) is 0 Å². The lowest BCUT2D eigenvalue weighted by atomic mass is 10.2. The van der Waals surface area contributed by atoms with Crippen LogP contribution in [0.25, 0.3) is 5.69 Å². The number of aryl methyl sites for hydroxylation is 2. The van der Waals surface area contributed by atoms with Gasteiger partial charge in [0.1, 0.15) is 0 Å². The standard InChI is InChI=1S/C14H14BrNO/c1-9-4-5-13(7-14(9)15)16-10(2)6-12(8-17)11(16)3/h4-8H,1-3H3. The monoisotopic (exact) mass is 291 g/mol. The van der Waals surface area contributed by atoms with Gasteiger partial charge in [-0.05, 0) is 44.5 Å². The van der Waals surface area contributed by atoms with E-state index >= 15 is 0 Å². The van der Waals surface area contributed by atoms with Crippen LogP contribution >= 0.6 is 15.9 Å². The Morgan fingerprint density at radius 3 is 2.41 bits per heavy atom. The average molecular weight is 292 g/mol. The molecule has 1 heterocycles. The number of hydrogen-bond acceptors (Lipinski definition) is 1. The molecule has 0 saturated carbocycles. The summed E-state index contributed by atoms with van der Waals surface area (Å²) in [5, 5.41) is 0. The van der Waals surface area contributed by atoms with Gasteiger partial charge in [0.05, 0.1) is 0 Å². The highest BCUT2D eigenvalue weighted by Crippen LogP contribution is 2.24. The molecule has 0 spiro atoms. The van der Waals surface area contributed by atoms with Crippen molar-refractivity contribution in [2.24, 2.45) is 0 Å². The van der Waals surface area contributed by atoms with Crippen molar-refractivity contribution in [3.8, 4) is 5.69 Å². The van der Waals surface area contributed by atoms with E-state index in [-0.39, 0.29) is 0 Å². The zero-order valence-electron chi connectivity index (χ0n) is 10.1. The number of aromatic nitrogens is 1. The summed E-state index contributed by atoms with van der Waals surface area (Å²) in [6.07, 6.45) is 0.905. The maximum Gasteiger partial charge on any atom is 0.151 e. The SMILES string of the molecule is Cc1ccc(-n2c(C)cc(C=O)c2C)cc1Br. The first-order valence-corrected chi connectivity index (χ1v) is 6.24. The fourth-order valence-electron chi connectivity index (χ4n) is 2.03. The van der Waals surface area contributed by atoms with Gasteiger partial charge in [0, 0.05) is 27.1 Å². The van der Waals surface area contributed by atoms with Crippen molar-refractivity contribution >= 4 is 22.2 Å². The first kappa shape index (κ1) is 12.1. The molecule has 2 nitrogen and oxygen atoms in total. The topological polar surface area (TPSA) is 22.0 Å². The molecule has 1 aromatic heterocycles. The van der Waals surface area contributed by atoms with Crippen LogP contribution in [-0.2, 0) is 0 Å². The summed E-state index contributed by atoms with van der Waals surface area (Å²) < 4.78 is 3.17. The van der Waals surface area contributed by atoms with Crippen molar-refractivity contribution in [3.05, 3.63) is 51.3 Å². The molecule has 88 valence electrons. The molecule has 0 N–H and O–H groups in total. The summed E-state index contributed by atoms with van der Waals surface area (Å²) in [6, 6.07) is 8.12. The quantitative estimate of drug-likeness (QED) is 0.767. The Labute approximate surface area is 109 Å². The molecular weight excluding hydrogens is 278 g/mol. The number of aldehydes is 1. The summed E-state index contributed by atoms with van der Waals surface area (Å²) in [7, 11) is 0. The van der Waals surface area contributed by atoms with Crippen LogP contribution in [0.5, 0.6) is 0 Å². The van der Waals surface area contributed by atoms with E-state index in [9.17, 15) is 4.79 Å². The number of hydrogen-bond donors (Lipinski definition) is 0. The van der Waals surface area contributed by atoms with Crippen molar-refractivity contribution in [3.63, 3.8) is 0 Å². The van der Waals surface area contributed by atoms with Crippen LogP contribution in [0.4, 0.5) is 0 Å². The van der Waals surface area contributed by atoms with Crippen LogP contribution in [0.3, 0.4) is 0 Å². The van der Waals surface area contributed by atoms with E-state index in [0.29, 0.717) is 0 Å². The molecule has 1 aromatic carbocycles. The molecule has 0 aliphatic heterocycles. The highest BCUT2D eigenvalue weighted by atomic mass is 79.9. The zero-order chi connectivity index (χ0) is 12.6. The van der Waals surface area contributed by atoms with E-state index in [2.05, 4.69) is 45.6 Å². The lowest BCUT2D eigenvalue weighted by molar-refractivity contribution is 0.112. The van der Waals surface area contributed by atoms with Crippen molar-refractivity contribution in [2.45, 2.75) is 20.8 Å². The van der Waals surface area contributed by atoms with Crippen LogP contribution < -0.4 is 0 Å². The third-order valence-corrected chi connectivity index (χ3v) is 3.87. The molecule has 0 fully saturated rings. The maximum absolute atomic E-state index is 10.9. The largest absolute Gasteiger partial charge is 0.318 e. The Morgan fingerprint density at radius 1 is 1.18 bits per heavy atom. The molecule has 2 aromatic rings. The first-order chi connectivity index (χ1) is 8.04. The average Bonchev–Trinajstić information content (AvgIpc) is 2.58. The van der Waals surface area contributed by atoms with Gasteiger partial charge in [0.25, 0.3) is 0 Å². The molecule has 2 rings (SSSR count). The Morgan fingerprint density at radius 2 is 1.88 bits per heavy atom. The normalized spacial score (nSPS) is 10.6. The molecule has 0 aliphatic carbocycles. The number of benzene rings is 1. The van der Waals surface area contributed by atoms with Gasteiger partial charge in [-0.15, -0.1) is 0 Å². The highest BCUT2D eigenvalue weighted by molar-refractivity contribution is 9.10. The van der Waals surface area contributed by atoms with Crippen molar-refractivity contribution in [2.75, 3.05) is 0 Å². The lowest BCUT2D eigenvalue weighted by Crippen LogP contribution is -1.99. The van der Waals surface area contributed by atoms with Gasteiger partial charge in [-0.1, -0.05) is 22.0 Å². The predicted molar refractivity (Wildman–Crippen MR) is 73.1 cm³/mol. The lowest BCUT2D eigenvalue weighted by Gasteiger charge is -2.11. The van der Waals surface area contributed by atoms with Crippen LogP contribution in [-0.4, -0.2) is 10.9 Å². The fraction of sp³-hybridized carbons (Fsp3) is 0.214. The second-order valence-electron chi connectivity index (χ2n) is 4.21. The molecule has 0 aliphatic rings. The summed E-state index contributed by atoms with van der Waals surface area (Å²) >= 11 is 3.53. The van der Waals surface area contributed by atoms with E-state index in [0.717, 1.165) is 33.4 Å². The van der Waals surface area contributed by atoms with Crippen LogP contribution in [0.2, 0.25) is 0 Å². The van der Waals surface area contributed by atoms with Crippen molar-refractivity contribution in [1.29, 1.82) is 0 Å². The summed E-state index contributed by atoms with van der Waals surface area (Å²) in [6.45, 7) is 6.03. The minimum Gasteiger partial charge on any atom is -0.318 e. The fourth-order valence-corrected chi connectivity index (χ4v) is 2.39. The van der Waals surface area contributed by atoms with E-state index in [1.54, 1.807) is 0 Å². The minimum absolute atomic E-state index is 0.749. The maximum atomic E-state index is 10.9. The minimum atomic E-state index is 0.749. The smallest absolute Gasteiger partial charge is 0.151 e. The molecule has 0 saturated heterocycles. The van der Waals surface area contributed by atoms with Gasteiger partial charge < -0.3 is 4.57 Å². The van der Waals surface area contributed by atoms with Gasteiger partial charge in [0.2, 0.25) is 0 Å². The molecule has 0 radical (unpaired) electrons. The molecule has 0 bridgehead atoms. The van der Waals surface area contributed by atoms with Crippen LogP contribution in [0, 0.1) is 20.8 Å².